The zero-order valence-corrected chi connectivity index (χ0v) is 20.9. The summed E-state index contributed by atoms with van der Waals surface area (Å²) in [6, 6.07) is 18.2. The summed E-state index contributed by atoms with van der Waals surface area (Å²) in [5.41, 5.74) is 3.57. The quantitative estimate of drug-likeness (QED) is 0.195. The Morgan fingerprint density at radius 2 is 1.79 bits per heavy atom. The fraction of sp³-hybridized carbons (Fsp3) is 0.238. The molecule has 0 saturated heterocycles. The molecule has 0 unspecified atom stereocenters. The fourth-order valence-corrected chi connectivity index (χ4v) is 3.47. The van der Waals surface area contributed by atoms with Crippen molar-refractivity contribution in [2.24, 2.45) is 4.99 Å². The van der Waals surface area contributed by atoms with Crippen LogP contribution in [0.2, 0.25) is 5.02 Å². The molecule has 0 spiro atoms. The number of aliphatic imine (C=N–C) groups is 1. The van der Waals surface area contributed by atoms with E-state index in [0.717, 1.165) is 35.3 Å². The average Bonchev–Trinajstić information content (AvgIpc) is 3.22. The van der Waals surface area contributed by atoms with Crippen molar-refractivity contribution in [3.8, 4) is 0 Å². The summed E-state index contributed by atoms with van der Waals surface area (Å²) < 4.78 is 0. The molecule has 8 heteroatoms. The molecule has 0 aliphatic carbocycles. The Kier molecular flexibility index (Phi) is 13.0. The van der Waals surface area contributed by atoms with Crippen LogP contribution in [-0.2, 0) is 19.5 Å². The number of halogens is 3. The SMILES string of the molecule is Br.Br.Clc1ccc(CNC(=NCc2ccccc2)SCCCc2cnc[nH]2)cc1. The maximum atomic E-state index is 5.96. The Labute approximate surface area is 202 Å². The number of rotatable bonds is 8. The first-order valence-corrected chi connectivity index (χ1v) is 10.3. The van der Waals surface area contributed by atoms with E-state index in [1.807, 2.05) is 48.7 Å². The molecule has 1 aromatic heterocycles. The van der Waals surface area contributed by atoms with Gasteiger partial charge in [0.2, 0.25) is 0 Å². The molecular formula is C21H25Br2ClN4S. The van der Waals surface area contributed by atoms with Crippen LogP contribution in [0.15, 0.2) is 72.1 Å². The lowest BCUT2D eigenvalue weighted by atomic mass is 10.2. The Hall–Kier alpha value is -1.28. The second-order valence-electron chi connectivity index (χ2n) is 6.12. The normalized spacial score (nSPS) is 10.7. The summed E-state index contributed by atoms with van der Waals surface area (Å²) in [5.74, 6) is 1.00. The van der Waals surface area contributed by atoms with E-state index in [-0.39, 0.29) is 34.0 Å². The zero-order chi connectivity index (χ0) is 18.7. The number of aryl methyl sites for hydroxylation is 1. The number of hydrogen-bond acceptors (Lipinski definition) is 3. The topological polar surface area (TPSA) is 53.1 Å². The molecule has 0 atom stereocenters. The molecule has 0 radical (unpaired) electrons. The lowest BCUT2D eigenvalue weighted by molar-refractivity contribution is 0.897. The number of thioether (sulfide) groups is 1. The van der Waals surface area contributed by atoms with Crippen molar-refractivity contribution in [2.75, 3.05) is 5.75 Å². The van der Waals surface area contributed by atoms with Gasteiger partial charge in [-0.1, -0.05) is 65.8 Å². The van der Waals surface area contributed by atoms with E-state index < -0.39 is 0 Å². The van der Waals surface area contributed by atoms with Crippen LogP contribution in [0, 0.1) is 0 Å². The average molecular weight is 561 g/mol. The van der Waals surface area contributed by atoms with Gasteiger partial charge in [-0.3, -0.25) is 4.99 Å². The molecule has 2 N–H and O–H groups in total. The molecule has 156 valence electrons. The van der Waals surface area contributed by atoms with Crippen molar-refractivity contribution in [2.45, 2.75) is 25.9 Å². The lowest BCUT2D eigenvalue weighted by Crippen LogP contribution is -2.20. The predicted molar refractivity (Wildman–Crippen MR) is 136 cm³/mol. The number of nitrogens with one attached hydrogen (secondary N) is 2. The number of imidazole rings is 1. The van der Waals surface area contributed by atoms with E-state index in [9.17, 15) is 0 Å². The molecule has 1 heterocycles. The monoisotopic (exact) mass is 558 g/mol. The molecule has 3 aromatic rings. The third kappa shape index (κ3) is 9.85. The van der Waals surface area contributed by atoms with Crippen molar-refractivity contribution in [1.82, 2.24) is 15.3 Å². The van der Waals surface area contributed by atoms with Crippen LogP contribution in [0.1, 0.15) is 23.2 Å². The highest BCUT2D eigenvalue weighted by atomic mass is 79.9. The smallest absolute Gasteiger partial charge is 0.157 e. The number of amidine groups is 1. The van der Waals surface area contributed by atoms with E-state index in [1.54, 1.807) is 18.1 Å². The number of aromatic amines is 1. The Balaban J connectivity index is 0.00000210. The van der Waals surface area contributed by atoms with Crippen molar-refractivity contribution in [3.05, 3.63) is 89.0 Å². The largest absolute Gasteiger partial charge is 0.361 e. The molecule has 0 bridgehead atoms. The Bertz CT molecular complexity index is 828. The fourth-order valence-electron chi connectivity index (χ4n) is 2.53. The predicted octanol–water partition coefficient (Wildman–Crippen LogP) is 6.23. The maximum Gasteiger partial charge on any atom is 0.157 e. The van der Waals surface area contributed by atoms with Gasteiger partial charge in [-0.05, 0) is 36.1 Å². The summed E-state index contributed by atoms with van der Waals surface area (Å²) in [6.07, 6.45) is 5.67. The first kappa shape index (κ1) is 25.8. The molecule has 0 aliphatic heterocycles. The molecule has 29 heavy (non-hydrogen) atoms. The molecule has 4 nitrogen and oxygen atoms in total. The third-order valence-electron chi connectivity index (χ3n) is 3.99. The number of benzene rings is 2. The first-order valence-electron chi connectivity index (χ1n) is 8.96. The molecule has 3 rings (SSSR count). The lowest BCUT2D eigenvalue weighted by Gasteiger charge is -2.10. The minimum Gasteiger partial charge on any atom is -0.361 e. The molecule has 0 amide bonds. The summed E-state index contributed by atoms with van der Waals surface area (Å²) in [4.78, 5) is 12.0. The molecule has 0 fully saturated rings. The van der Waals surface area contributed by atoms with Gasteiger partial charge in [-0.2, -0.15) is 0 Å². The molecule has 0 aliphatic rings. The van der Waals surface area contributed by atoms with Crippen LogP contribution in [0.5, 0.6) is 0 Å². The highest BCUT2D eigenvalue weighted by molar-refractivity contribution is 8.93. The van der Waals surface area contributed by atoms with Crippen LogP contribution in [0.3, 0.4) is 0 Å². The second kappa shape index (κ2) is 14.7. The number of aromatic nitrogens is 2. The number of nitrogens with zero attached hydrogens (tertiary/aromatic N) is 2. The van der Waals surface area contributed by atoms with Gasteiger partial charge in [0.15, 0.2) is 5.17 Å². The van der Waals surface area contributed by atoms with Crippen molar-refractivity contribution in [1.29, 1.82) is 0 Å². The van der Waals surface area contributed by atoms with Crippen LogP contribution in [0.4, 0.5) is 0 Å². The summed E-state index contributed by atoms with van der Waals surface area (Å²) in [7, 11) is 0. The number of hydrogen-bond donors (Lipinski definition) is 2. The zero-order valence-electron chi connectivity index (χ0n) is 15.9. The van der Waals surface area contributed by atoms with Crippen LogP contribution in [0.25, 0.3) is 0 Å². The van der Waals surface area contributed by atoms with E-state index in [0.29, 0.717) is 6.54 Å². The highest BCUT2D eigenvalue weighted by Crippen LogP contribution is 2.12. The van der Waals surface area contributed by atoms with E-state index >= 15 is 0 Å². The van der Waals surface area contributed by atoms with Crippen molar-refractivity contribution in [3.63, 3.8) is 0 Å². The van der Waals surface area contributed by atoms with E-state index in [1.165, 1.54) is 16.8 Å². The van der Waals surface area contributed by atoms with Gasteiger partial charge in [-0.25, -0.2) is 4.98 Å². The van der Waals surface area contributed by atoms with Gasteiger partial charge in [-0.15, -0.1) is 34.0 Å². The maximum absolute atomic E-state index is 5.96. The second-order valence-corrected chi connectivity index (χ2v) is 7.64. The van der Waals surface area contributed by atoms with E-state index in [4.69, 9.17) is 16.6 Å². The highest BCUT2D eigenvalue weighted by Gasteiger charge is 2.03. The molecular weight excluding hydrogens is 536 g/mol. The Morgan fingerprint density at radius 1 is 1.03 bits per heavy atom. The summed E-state index contributed by atoms with van der Waals surface area (Å²) in [6.45, 7) is 1.41. The molecule has 2 aromatic carbocycles. The summed E-state index contributed by atoms with van der Waals surface area (Å²) in [5, 5.41) is 5.19. The Morgan fingerprint density at radius 3 is 2.48 bits per heavy atom. The minimum absolute atomic E-state index is 0. The van der Waals surface area contributed by atoms with Crippen LogP contribution in [-0.4, -0.2) is 20.9 Å². The summed E-state index contributed by atoms with van der Waals surface area (Å²) >= 11 is 7.73. The van der Waals surface area contributed by atoms with Crippen molar-refractivity contribution < 1.29 is 0 Å². The third-order valence-corrected chi connectivity index (χ3v) is 5.28. The molecule has 0 saturated carbocycles. The van der Waals surface area contributed by atoms with Crippen LogP contribution >= 0.6 is 57.3 Å². The van der Waals surface area contributed by atoms with Gasteiger partial charge in [0.1, 0.15) is 0 Å². The van der Waals surface area contributed by atoms with Gasteiger partial charge in [0, 0.05) is 29.2 Å². The standard InChI is InChI=1S/C21H23ClN4S.2BrH/c22-19-10-8-18(9-11-19)14-25-21(24-13-17-5-2-1-3-6-17)27-12-4-7-20-15-23-16-26-20;;/h1-3,5-6,8-11,15-16H,4,7,12-14H2,(H,23,26)(H,24,25);2*1H. The van der Waals surface area contributed by atoms with Crippen molar-refractivity contribution >= 4 is 62.5 Å². The van der Waals surface area contributed by atoms with Gasteiger partial charge < -0.3 is 10.3 Å². The van der Waals surface area contributed by atoms with Gasteiger partial charge in [0.05, 0.1) is 12.9 Å². The first-order chi connectivity index (χ1) is 13.3. The number of H-pyrrole nitrogens is 1. The van der Waals surface area contributed by atoms with Gasteiger partial charge in [0.25, 0.3) is 0 Å². The van der Waals surface area contributed by atoms with Crippen LogP contribution < -0.4 is 5.32 Å². The minimum atomic E-state index is 0. The van der Waals surface area contributed by atoms with Gasteiger partial charge >= 0.3 is 0 Å². The van der Waals surface area contributed by atoms with E-state index in [2.05, 4.69) is 27.4 Å².